The van der Waals surface area contributed by atoms with E-state index in [-0.39, 0.29) is 5.54 Å². The summed E-state index contributed by atoms with van der Waals surface area (Å²) in [6.45, 7) is 10.0. The van der Waals surface area contributed by atoms with E-state index in [1.807, 2.05) is 0 Å². The van der Waals surface area contributed by atoms with Crippen molar-refractivity contribution >= 4 is 0 Å². The number of nitrogens with zero attached hydrogens (tertiary/aromatic N) is 1. The molecule has 0 aromatic carbocycles. The number of hydrogen-bond donors (Lipinski definition) is 1. The Hall–Kier alpha value is -0.0800. The Labute approximate surface area is 95.2 Å². The highest BCUT2D eigenvalue weighted by molar-refractivity contribution is 4.89. The van der Waals surface area contributed by atoms with Gasteiger partial charge in [-0.15, -0.1) is 0 Å². The Balaban J connectivity index is 2.58. The molecule has 3 unspecified atom stereocenters. The monoisotopic (exact) mass is 212 g/mol. The van der Waals surface area contributed by atoms with Gasteiger partial charge in [-0.3, -0.25) is 4.90 Å². The zero-order valence-corrected chi connectivity index (χ0v) is 11.1. The van der Waals surface area contributed by atoms with E-state index >= 15 is 0 Å². The predicted molar refractivity (Wildman–Crippen MR) is 66.9 cm³/mol. The van der Waals surface area contributed by atoms with E-state index in [0.717, 1.165) is 24.4 Å². The highest BCUT2D eigenvalue weighted by Crippen LogP contribution is 2.33. The van der Waals surface area contributed by atoms with Crippen molar-refractivity contribution in [1.29, 1.82) is 0 Å². The number of nitrogens with two attached hydrogens (primary N) is 1. The van der Waals surface area contributed by atoms with Crippen LogP contribution >= 0.6 is 0 Å². The average molecular weight is 212 g/mol. The molecule has 0 aromatic heterocycles. The first-order valence-electron chi connectivity index (χ1n) is 6.31. The maximum atomic E-state index is 5.83. The molecule has 0 radical (unpaired) electrons. The summed E-state index contributed by atoms with van der Waals surface area (Å²) in [6, 6.07) is 0.731. The van der Waals surface area contributed by atoms with Crippen LogP contribution < -0.4 is 5.73 Å². The second kappa shape index (κ2) is 4.84. The van der Waals surface area contributed by atoms with Crippen molar-refractivity contribution in [1.82, 2.24) is 4.90 Å². The molecular weight excluding hydrogens is 184 g/mol. The van der Waals surface area contributed by atoms with E-state index in [0.29, 0.717) is 0 Å². The van der Waals surface area contributed by atoms with E-state index in [1.165, 1.54) is 19.3 Å². The van der Waals surface area contributed by atoms with Crippen molar-refractivity contribution in [2.45, 2.75) is 58.5 Å². The molecule has 90 valence electrons. The fourth-order valence-electron chi connectivity index (χ4n) is 2.51. The fourth-order valence-corrected chi connectivity index (χ4v) is 2.51. The second-order valence-corrected chi connectivity index (χ2v) is 6.05. The van der Waals surface area contributed by atoms with Gasteiger partial charge in [-0.1, -0.05) is 13.8 Å². The SMILES string of the molecule is CC1CCC(N(C)C(C)(C)CN)CC1C. The van der Waals surface area contributed by atoms with Gasteiger partial charge in [0, 0.05) is 18.1 Å². The quantitative estimate of drug-likeness (QED) is 0.779. The van der Waals surface area contributed by atoms with Gasteiger partial charge in [-0.05, 0) is 52.0 Å². The number of likely N-dealkylation sites (N-methyl/N-ethyl adjacent to an activating group) is 1. The molecule has 0 saturated heterocycles. The van der Waals surface area contributed by atoms with Gasteiger partial charge in [-0.2, -0.15) is 0 Å². The summed E-state index contributed by atoms with van der Waals surface area (Å²) in [6.07, 6.45) is 4.04. The predicted octanol–water partition coefficient (Wildman–Crippen LogP) is 2.48. The summed E-state index contributed by atoms with van der Waals surface area (Å²) in [4.78, 5) is 2.50. The van der Waals surface area contributed by atoms with Crippen molar-refractivity contribution in [3.8, 4) is 0 Å². The third-order valence-electron chi connectivity index (χ3n) is 4.57. The van der Waals surface area contributed by atoms with Gasteiger partial charge >= 0.3 is 0 Å². The molecule has 0 heterocycles. The Bertz CT molecular complexity index is 201. The maximum absolute atomic E-state index is 5.83. The lowest BCUT2D eigenvalue weighted by Gasteiger charge is -2.44. The Morgan fingerprint density at radius 1 is 1.20 bits per heavy atom. The van der Waals surface area contributed by atoms with Crippen molar-refractivity contribution in [3.63, 3.8) is 0 Å². The second-order valence-electron chi connectivity index (χ2n) is 6.05. The van der Waals surface area contributed by atoms with Gasteiger partial charge in [-0.25, -0.2) is 0 Å². The van der Waals surface area contributed by atoms with E-state index in [2.05, 4.69) is 39.6 Å². The maximum Gasteiger partial charge on any atom is 0.0275 e. The molecule has 0 aliphatic heterocycles. The van der Waals surface area contributed by atoms with Gasteiger partial charge < -0.3 is 5.73 Å². The van der Waals surface area contributed by atoms with E-state index < -0.39 is 0 Å². The molecule has 1 rings (SSSR count). The molecule has 1 aliphatic rings. The van der Waals surface area contributed by atoms with Crippen LogP contribution in [0.15, 0.2) is 0 Å². The van der Waals surface area contributed by atoms with Gasteiger partial charge in [0.05, 0.1) is 0 Å². The highest BCUT2D eigenvalue weighted by atomic mass is 15.2. The number of rotatable bonds is 3. The smallest absolute Gasteiger partial charge is 0.0275 e. The van der Waals surface area contributed by atoms with Crippen molar-refractivity contribution in [3.05, 3.63) is 0 Å². The minimum absolute atomic E-state index is 0.144. The summed E-state index contributed by atoms with van der Waals surface area (Å²) in [5.41, 5.74) is 5.98. The first-order chi connectivity index (χ1) is 6.88. The average Bonchev–Trinajstić information content (AvgIpc) is 2.21. The lowest BCUT2D eigenvalue weighted by Crippen LogP contribution is -2.53. The van der Waals surface area contributed by atoms with Crippen LogP contribution in [-0.4, -0.2) is 30.1 Å². The summed E-state index contributed by atoms with van der Waals surface area (Å²) in [5, 5.41) is 0. The molecule has 3 atom stereocenters. The summed E-state index contributed by atoms with van der Waals surface area (Å²) >= 11 is 0. The Morgan fingerprint density at radius 2 is 1.80 bits per heavy atom. The fraction of sp³-hybridized carbons (Fsp3) is 1.00. The molecule has 2 heteroatoms. The van der Waals surface area contributed by atoms with Crippen molar-refractivity contribution in [2.75, 3.05) is 13.6 Å². The first-order valence-corrected chi connectivity index (χ1v) is 6.31. The highest BCUT2D eigenvalue weighted by Gasteiger charge is 2.32. The summed E-state index contributed by atoms with van der Waals surface area (Å²) in [7, 11) is 2.24. The van der Waals surface area contributed by atoms with Gasteiger partial charge in [0.25, 0.3) is 0 Å². The van der Waals surface area contributed by atoms with Crippen LogP contribution in [-0.2, 0) is 0 Å². The lowest BCUT2D eigenvalue weighted by atomic mass is 9.78. The van der Waals surface area contributed by atoms with E-state index in [9.17, 15) is 0 Å². The Kier molecular flexibility index (Phi) is 4.19. The van der Waals surface area contributed by atoms with Crippen LogP contribution in [0.25, 0.3) is 0 Å². The van der Waals surface area contributed by atoms with Crippen LogP contribution in [0.5, 0.6) is 0 Å². The van der Waals surface area contributed by atoms with E-state index in [4.69, 9.17) is 5.73 Å². The molecule has 2 N–H and O–H groups in total. The molecule has 0 amide bonds. The third kappa shape index (κ3) is 2.94. The third-order valence-corrected chi connectivity index (χ3v) is 4.57. The molecule has 1 aliphatic carbocycles. The van der Waals surface area contributed by atoms with Crippen LogP contribution in [0.2, 0.25) is 0 Å². The zero-order valence-electron chi connectivity index (χ0n) is 11.1. The van der Waals surface area contributed by atoms with E-state index in [1.54, 1.807) is 0 Å². The van der Waals surface area contributed by atoms with Crippen molar-refractivity contribution in [2.24, 2.45) is 17.6 Å². The van der Waals surface area contributed by atoms with Crippen LogP contribution in [0, 0.1) is 11.8 Å². The van der Waals surface area contributed by atoms with Crippen LogP contribution in [0.4, 0.5) is 0 Å². The topological polar surface area (TPSA) is 29.3 Å². The molecule has 15 heavy (non-hydrogen) atoms. The molecule has 1 saturated carbocycles. The van der Waals surface area contributed by atoms with Crippen LogP contribution in [0.1, 0.15) is 47.0 Å². The molecule has 0 aromatic rings. The largest absolute Gasteiger partial charge is 0.329 e. The first kappa shape index (κ1) is 13.0. The normalized spacial score (nSPS) is 33.4. The molecule has 2 nitrogen and oxygen atoms in total. The summed E-state index contributed by atoms with van der Waals surface area (Å²) in [5.74, 6) is 1.76. The molecule has 0 bridgehead atoms. The van der Waals surface area contributed by atoms with Gasteiger partial charge in [0.15, 0.2) is 0 Å². The molecular formula is C13H28N2. The van der Waals surface area contributed by atoms with Gasteiger partial charge in [0.1, 0.15) is 0 Å². The van der Waals surface area contributed by atoms with Gasteiger partial charge in [0.2, 0.25) is 0 Å². The van der Waals surface area contributed by atoms with Crippen molar-refractivity contribution < 1.29 is 0 Å². The zero-order chi connectivity index (χ0) is 11.6. The minimum Gasteiger partial charge on any atom is -0.329 e. The standard InChI is InChI=1S/C13H28N2/c1-10-6-7-12(8-11(10)2)15(5)13(3,4)9-14/h10-12H,6-9,14H2,1-5H3. The minimum atomic E-state index is 0.144. The molecule has 0 spiro atoms. The lowest BCUT2D eigenvalue weighted by molar-refractivity contribution is 0.0563. The summed E-state index contributed by atoms with van der Waals surface area (Å²) < 4.78 is 0. The number of hydrogen-bond acceptors (Lipinski definition) is 2. The Morgan fingerprint density at radius 3 is 2.27 bits per heavy atom. The molecule has 1 fully saturated rings. The van der Waals surface area contributed by atoms with Crippen LogP contribution in [0.3, 0.4) is 0 Å².